The smallest absolute Gasteiger partial charge is 0.251 e. The van der Waals surface area contributed by atoms with Gasteiger partial charge >= 0.3 is 0 Å². The summed E-state index contributed by atoms with van der Waals surface area (Å²) in [7, 11) is 0. The van der Waals surface area contributed by atoms with Crippen molar-refractivity contribution in [3.63, 3.8) is 0 Å². The molecule has 0 aliphatic rings. The largest absolute Gasteiger partial charge is 0.348 e. The lowest BCUT2D eigenvalue weighted by Crippen LogP contribution is -2.23. The molecule has 0 aliphatic carbocycles. The molecule has 6 nitrogen and oxygen atoms in total. The summed E-state index contributed by atoms with van der Waals surface area (Å²) >= 11 is 0. The minimum atomic E-state index is -0.340. The summed E-state index contributed by atoms with van der Waals surface area (Å²) in [5.74, 6) is 0.128. The first-order valence-corrected chi connectivity index (χ1v) is 9.13. The summed E-state index contributed by atoms with van der Waals surface area (Å²) in [5.41, 5.74) is 3.36. The van der Waals surface area contributed by atoms with Gasteiger partial charge in [-0.2, -0.15) is 5.10 Å². The average Bonchev–Trinajstić information content (AvgIpc) is 3.36. The van der Waals surface area contributed by atoms with E-state index < -0.39 is 0 Å². The van der Waals surface area contributed by atoms with E-state index in [0.717, 1.165) is 22.2 Å². The maximum atomic E-state index is 13.7. The molecule has 0 atom stereocenters. The van der Waals surface area contributed by atoms with Crippen molar-refractivity contribution >= 4 is 27.8 Å². The fourth-order valence-electron chi connectivity index (χ4n) is 3.37. The molecule has 2 N–H and O–H groups in total. The molecule has 29 heavy (non-hydrogen) atoms. The van der Waals surface area contributed by atoms with Gasteiger partial charge in [-0.25, -0.2) is 9.37 Å². The number of H-pyrrole nitrogens is 1. The van der Waals surface area contributed by atoms with Gasteiger partial charge in [-0.15, -0.1) is 0 Å². The van der Waals surface area contributed by atoms with Crippen molar-refractivity contribution < 1.29 is 9.18 Å². The number of halogens is 1. The molecule has 7 heteroatoms. The molecule has 5 aromatic rings. The minimum Gasteiger partial charge on any atom is -0.348 e. The number of amides is 1. The third kappa shape index (κ3) is 3.02. The van der Waals surface area contributed by atoms with Crippen LogP contribution in [-0.2, 0) is 6.54 Å². The van der Waals surface area contributed by atoms with Gasteiger partial charge in [0, 0.05) is 23.1 Å². The van der Waals surface area contributed by atoms with Crippen molar-refractivity contribution in [3.8, 4) is 5.82 Å². The number of benzene rings is 3. The maximum Gasteiger partial charge on any atom is 0.251 e. The van der Waals surface area contributed by atoms with Gasteiger partial charge in [0.15, 0.2) is 5.82 Å². The van der Waals surface area contributed by atoms with Gasteiger partial charge in [0.2, 0.25) is 0 Å². The number of rotatable bonds is 4. The monoisotopic (exact) mass is 385 g/mol. The predicted octanol–water partition coefficient (Wildman–Crippen LogP) is 3.97. The Bertz CT molecular complexity index is 1350. The van der Waals surface area contributed by atoms with Gasteiger partial charge < -0.3 is 5.32 Å². The Kier molecular flexibility index (Phi) is 4.05. The van der Waals surface area contributed by atoms with E-state index in [9.17, 15) is 9.18 Å². The average molecular weight is 385 g/mol. The zero-order valence-electron chi connectivity index (χ0n) is 15.3. The van der Waals surface area contributed by atoms with Gasteiger partial charge in [0.1, 0.15) is 12.1 Å². The van der Waals surface area contributed by atoms with Crippen LogP contribution in [0, 0.1) is 5.82 Å². The van der Waals surface area contributed by atoms with Crippen LogP contribution in [0.25, 0.3) is 27.8 Å². The summed E-state index contributed by atoms with van der Waals surface area (Å²) < 4.78 is 15.6. The first-order valence-electron chi connectivity index (χ1n) is 9.13. The number of aromatic amines is 1. The quantitative estimate of drug-likeness (QED) is 0.492. The van der Waals surface area contributed by atoms with Crippen molar-refractivity contribution in [2.45, 2.75) is 6.54 Å². The van der Waals surface area contributed by atoms with Gasteiger partial charge in [-0.1, -0.05) is 30.3 Å². The molecule has 0 saturated heterocycles. The van der Waals surface area contributed by atoms with Crippen molar-refractivity contribution in [2.75, 3.05) is 0 Å². The molecular weight excluding hydrogens is 369 g/mol. The van der Waals surface area contributed by atoms with Crippen LogP contribution < -0.4 is 5.32 Å². The molecule has 2 heterocycles. The fraction of sp³-hybridized carbons (Fsp3) is 0.0455. The Labute approximate surface area is 165 Å². The lowest BCUT2D eigenvalue weighted by Gasteiger charge is -2.07. The van der Waals surface area contributed by atoms with Crippen LogP contribution in [0.5, 0.6) is 0 Å². The van der Waals surface area contributed by atoms with Crippen LogP contribution in [0.4, 0.5) is 4.39 Å². The van der Waals surface area contributed by atoms with Crippen LogP contribution in [-0.4, -0.2) is 25.7 Å². The lowest BCUT2D eigenvalue weighted by molar-refractivity contribution is 0.0950. The van der Waals surface area contributed by atoms with E-state index >= 15 is 0 Å². The van der Waals surface area contributed by atoms with E-state index in [2.05, 4.69) is 20.5 Å². The number of hydrogen-bond donors (Lipinski definition) is 2. The van der Waals surface area contributed by atoms with Crippen molar-refractivity contribution in [1.29, 1.82) is 0 Å². The SMILES string of the molecule is O=C(NCc1ccccc1F)c1ccc2c(c1)ncn2-c1n[nH]c2ccccc12. The number of para-hydroxylation sites is 1. The number of nitrogens with one attached hydrogen (secondary N) is 2. The van der Waals surface area contributed by atoms with E-state index in [1.54, 1.807) is 36.7 Å². The Morgan fingerprint density at radius 3 is 2.79 bits per heavy atom. The third-order valence-corrected chi connectivity index (χ3v) is 4.89. The van der Waals surface area contributed by atoms with Crippen LogP contribution >= 0.6 is 0 Å². The highest BCUT2D eigenvalue weighted by Crippen LogP contribution is 2.24. The van der Waals surface area contributed by atoms with Gasteiger partial charge in [0.25, 0.3) is 5.91 Å². The first kappa shape index (κ1) is 17.1. The summed E-state index contributed by atoms with van der Waals surface area (Å²) in [4.78, 5) is 16.9. The highest BCUT2D eigenvalue weighted by Gasteiger charge is 2.13. The van der Waals surface area contributed by atoms with E-state index in [-0.39, 0.29) is 18.3 Å². The first-order chi connectivity index (χ1) is 14.2. The molecule has 1 amide bonds. The number of carbonyl (C=O) groups is 1. The predicted molar refractivity (Wildman–Crippen MR) is 108 cm³/mol. The molecule has 5 rings (SSSR count). The molecule has 0 bridgehead atoms. The second-order valence-corrected chi connectivity index (χ2v) is 6.68. The Hall–Kier alpha value is -4.00. The van der Waals surface area contributed by atoms with Crippen LogP contribution in [0.3, 0.4) is 0 Å². The van der Waals surface area contributed by atoms with E-state index in [1.807, 2.05) is 34.9 Å². The van der Waals surface area contributed by atoms with E-state index in [4.69, 9.17) is 0 Å². The highest BCUT2D eigenvalue weighted by molar-refractivity contribution is 5.98. The van der Waals surface area contributed by atoms with Crippen molar-refractivity contribution in [2.24, 2.45) is 0 Å². The second-order valence-electron chi connectivity index (χ2n) is 6.68. The maximum absolute atomic E-state index is 13.7. The molecular formula is C22H16FN5O. The molecule has 3 aromatic carbocycles. The second kappa shape index (κ2) is 6.87. The third-order valence-electron chi connectivity index (χ3n) is 4.89. The van der Waals surface area contributed by atoms with E-state index in [1.165, 1.54) is 6.07 Å². The van der Waals surface area contributed by atoms with Gasteiger partial charge in [-0.05, 0) is 36.4 Å². The van der Waals surface area contributed by atoms with Crippen LogP contribution in [0.15, 0.2) is 73.1 Å². The van der Waals surface area contributed by atoms with E-state index in [0.29, 0.717) is 16.6 Å². The highest BCUT2D eigenvalue weighted by atomic mass is 19.1. The van der Waals surface area contributed by atoms with Crippen LogP contribution in [0.2, 0.25) is 0 Å². The van der Waals surface area contributed by atoms with Crippen molar-refractivity contribution in [1.82, 2.24) is 25.1 Å². The molecule has 0 saturated carbocycles. The normalized spacial score (nSPS) is 11.2. The number of imidazole rings is 1. The topological polar surface area (TPSA) is 75.6 Å². The zero-order valence-corrected chi connectivity index (χ0v) is 15.3. The minimum absolute atomic E-state index is 0.122. The Morgan fingerprint density at radius 2 is 1.90 bits per heavy atom. The summed E-state index contributed by atoms with van der Waals surface area (Å²) in [6.45, 7) is 0.122. The van der Waals surface area contributed by atoms with Gasteiger partial charge in [-0.3, -0.25) is 14.5 Å². The Morgan fingerprint density at radius 1 is 1.07 bits per heavy atom. The van der Waals surface area contributed by atoms with Gasteiger partial charge in [0.05, 0.1) is 16.6 Å². The number of carbonyl (C=O) groups excluding carboxylic acids is 1. The zero-order chi connectivity index (χ0) is 19.8. The molecule has 0 unspecified atom stereocenters. The summed E-state index contributed by atoms with van der Waals surface area (Å²) in [6, 6.07) is 19.5. The molecule has 0 aliphatic heterocycles. The molecule has 0 radical (unpaired) electrons. The standard InChI is InChI=1S/C22H16FN5O/c23-17-7-3-1-5-15(17)12-24-22(29)14-9-10-20-19(11-14)25-13-28(20)21-16-6-2-4-8-18(16)26-27-21/h1-11,13H,12H2,(H,24,29)(H,26,27). The van der Waals surface area contributed by atoms with Crippen molar-refractivity contribution in [3.05, 3.63) is 90.0 Å². The lowest BCUT2D eigenvalue weighted by atomic mass is 10.1. The number of aromatic nitrogens is 4. The fourth-order valence-corrected chi connectivity index (χ4v) is 3.37. The molecule has 0 fully saturated rings. The summed E-state index contributed by atoms with van der Waals surface area (Å²) in [6.07, 6.45) is 1.69. The van der Waals surface area contributed by atoms with Crippen LogP contribution in [0.1, 0.15) is 15.9 Å². The molecule has 0 spiro atoms. The number of fused-ring (bicyclic) bond motifs is 2. The molecule has 2 aromatic heterocycles. The summed E-state index contributed by atoms with van der Waals surface area (Å²) in [5, 5.41) is 11.1. The molecule has 142 valence electrons. The number of hydrogen-bond acceptors (Lipinski definition) is 3. The Balaban J connectivity index is 1.43. The number of nitrogens with zero attached hydrogens (tertiary/aromatic N) is 3.